The fourth-order valence-corrected chi connectivity index (χ4v) is 1.93. The number of anilines is 1. The standard InChI is InChI=1S/C12H8N4O3/c17-12-9(6-11-13-3-4-14-11)8-5-7(16(18)19)1-2-10(8)15-12/h1-6H,(H,13,14)(H,15,17)/b9-6-. The van der Waals surface area contributed by atoms with Crippen LogP contribution < -0.4 is 5.32 Å². The van der Waals surface area contributed by atoms with E-state index in [1.54, 1.807) is 18.5 Å². The first kappa shape index (κ1) is 11.1. The van der Waals surface area contributed by atoms with Crippen LogP contribution in [0.1, 0.15) is 11.4 Å². The summed E-state index contributed by atoms with van der Waals surface area (Å²) in [6.07, 6.45) is 4.76. The molecule has 0 atom stereocenters. The molecule has 3 rings (SSSR count). The highest BCUT2D eigenvalue weighted by atomic mass is 16.6. The Morgan fingerprint density at radius 1 is 1.37 bits per heavy atom. The second-order valence-electron chi connectivity index (χ2n) is 3.97. The number of nitrogens with one attached hydrogen (secondary N) is 2. The molecule has 0 aliphatic carbocycles. The number of hydrogen-bond acceptors (Lipinski definition) is 4. The predicted molar refractivity (Wildman–Crippen MR) is 68.2 cm³/mol. The lowest BCUT2D eigenvalue weighted by atomic mass is 10.1. The van der Waals surface area contributed by atoms with Crippen LogP contribution in [0.5, 0.6) is 0 Å². The molecule has 1 aliphatic rings. The highest BCUT2D eigenvalue weighted by Gasteiger charge is 2.26. The van der Waals surface area contributed by atoms with E-state index in [4.69, 9.17) is 0 Å². The molecule has 2 heterocycles. The zero-order chi connectivity index (χ0) is 13.4. The number of amides is 1. The van der Waals surface area contributed by atoms with Crippen molar-refractivity contribution in [2.75, 3.05) is 5.32 Å². The number of aromatic amines is 1. The molecule has 0 saturated heterocycles. The first-order chi connectivity index (χ1) is 9.15. The number of carbonyl (C=O) groups excluding carboxylic acids is 1. The average molecular weight is 256 g/mol. The maximum Gasteiger partial charge on any atom is 0.270 e. The van der Waals surface area contributed by atoms with E-state index in [-0.39, 0.29) is 11.6 Å². The largest absolute Gasteiger partial charge is 0.345 e. The van der Waals surface area contributed by atoms with Crippen molar-refractivity contribution in [3.8, 4) is 0 Å². The van der Waals surface area contributed by atoms with Crippen molar-refractivity contribution in [1.29, 1.82) is 0 Å². The molecule has 1 aromatic heterocycles. The van der Waals surface area contributed by atoms with Crippen LogP contribution in [0.4, 0.5) is 11.4 Å². The van der Waals surface area contributed by atoms with Crippen LogP contribution in [0.2, 0.25) is 0 Å². The Balaban J connectivity index is 2.12. The molecule has 1 amide bonds. The van der Waals surface area contributed by atoms with Crippen LogP contribution in [0.3, 0.4) is 0 Å². The first-order valence-corrected chi connectivity index (χ1v) is 5.46. The van der Waals surface area contributed by atoms with Crippen LogP contribution in [0.15, 0.2) is 30.6 Å². The number of benzene rings is 1. The zero-order valence-electron chi connectivity index (χ0n) is 9.58. The van der Waals surface area contributed by atoms with Gasteiger partial charge in [0.15, 0.2) is 0 Å². The highest BCUT2D eigenvalue weighted by Crippen LogP contribution is 2.35. The van der Waals surface area contributed by atoms with Crippen molar-refractivity contribution in [3.63, 3.8) is 0 Å². The van der Waals surface area contributed by atoms with Gasteiger partial charge < -0.3 is 10.3 Å². The summed E-state index contributed by atoms with van der Waals surface area (Å²) in [7, 11) is 0. The quantitative estimate of drug-likeness (QED) is 0.486. The average Bonchev–Trinajstić information content (AvgIpc) is 2.98. The number of aromatic nitrogens is 2. The maximum atomic E-state index is 11.8. The van der Waals surface area contributed by atoms with Crippen LogP contribution in [-0.2, 0) is 4.79 Å². The second-order valence-corrected chi connectivity index (χ2v) is 3.97. The number of nitro benzene ring substituents is 1. The molecule has 2 N–H and O–H groups in total. The first-order valence-electron chi connectivity index (χ1n) is 5.46. The van der Waals surface area contributed by atoms with E-state index in [1.165, 1.54) is 18.2 Å². The summed E-state index contributed by atoms with van der Waals surface area (Å²) in [5.74, 6) is 0.219. The third-order valence-corrected chi connectivity index (χ3v) is 2.80. The van der Waals surface area contributed by atoms with Gasteiger partial charge in [-0.1, -0.05) is 0 Å². The van der Waals surface area contributed by atoms with Gasteiger partial charge in [-0.15, -0.1) is 0 Å². The van der Waals surface area contributed by atoms with Gasteiger partial charge in [0.25, 0.3) is 11.6 Å². The van der Waals surface area contributed by atoms with Crippen molar-refractivity contribution in [3.05, 3.63) is 52.1 Å². The molecule has 19 heavy (non-hydrogen) atoms. The highest BCUT2D eigenvalue weighted by molar-refractivity contribution is 6.34. The van der Waals surface area contributed by atoms with Gasteiger partial charge in [0, 0.05) is 35.8 Å². The fourth-order valence-electron chi connectivity index (χ4n) is 1.93. The monoisotopic (exact) mass is 256 g/mol. The molecule has 0 radical (unpaired) electrons. The molecule has 2 aromatic rings. The van der Waals surface area contributed by atoms with E-state index < -0.39 is 4.92 Å². The van der Waals surface area contributed by atoms with E-state index in [9.17, 15) is 14.9 Å². The lowest BCUT2D eigenvalue weighted by molar-refractivity contribution is -0.384. The van der Waals surface area contributed by atoms with Crippen LogP contribution in [0, 0.1) is 10.1 Å². The molecule has 0 saturated carbocycles. The lowest BCUT2D eigenvalue weighted by Crippen LogP contribution is -2.03. The van der Waals surface area contributed by atoms with Crippen LogP contribution >= 0.6 is 0 Å². The summed E-state index contributed by atoms with van der Waals surface area (Å²) in [6, 6.07) is 4.26. The van der Waals surface area contributed by atoms with Crippen molar-refractivity contribution >= 4 is 28.9 Å². The SMILES string of the molecule is O=C1Nc2ccc([N+](=O)[O-])cc2/C1=C/c1ncc[nH]1. The Morgan fingerprint density at radius 3 is 2.89 bits per heavy atom. The van der Waals surface area contributed by atoms with E-state index >= 15 is 0 Å². The molecule has 0 bridgehead atoms. The molecule has 1 aliphatic heterocycles. The van der Waals surface area contributed by atoms with E-state index in [0.29, 0.717) is 22.6 Å². The summed E-state index contributed by atoms with van der Waals surface area (Å²) in [6.45, 7) is 0. The third kappa shape index (κ3) is 1.86. The molecular formula is C12H8N4O3. The number of carbonyl (C=O) groups is 1. The number of fused-ring (bicyclic) bond motifs is 1. The van der Waals surface area contributed by atoms with Crippen LogP contribution in [-0.4, -0.2) is 20.8 Å². The molecular weight excluding hydrogens is 248 g/mol. The molecule has 94 valence electrons. The number of non-ortho nitro benzene ring substituents is 1. The molecule has 0 spiro atoms. The van der Waals surface area contributed by atoms with Gasteiger partial charge in [-0.25, -0.2) is 4.98 Å². The minimum atomic E-state index is -0.492. The normalized spacial score (nSPS) is 15.4. The molecule has 0 fully saturated rings. The fraction of sp³-hybridized carbons (Fsp3) is 0. The van der Waals surface area contributed by atoms with E-state index in [0.717, 1.165) is 0 Å². The summed E-state index contributed by atoms with van der Waals surface area (Å²) >= 11 is 0. The molecule has 7 nitrogen and oxygen atoms in total. The van der Waals surface area contributed by atoms with Gasteiger partial charge in [0.2, 0.25) is 0 Å². The van der Waals surface area contributed by atoms with Gasteiger partial charge in [0.05, 0.1) is 10.5 Å². The van der Waals surface area contributed by atoms with Crippen molar-refractivity contribution in [1.82, 2.24) is 9.97 Å². The number of nitrogens with zero attached hydrogens (tertiary/aromatic N) is 2. The smallest absolute Gasteiger partial charge is 0.270 e. The number of hydrogen-bond donors (Lipinski definition) is 2. The van der Waals surface area contributed by atoms with Crippen molar-refractivity contribution in [2.45, 2.75) is 0 Å². The Bertz CT molecular complexity index is 704. The Labute approximate surface area is 107 Å². The Hall–Kier alpha value is -2.96. The summed E-state index contributed by atoms with van der Waals surface area (Å²) in [5.41, 5.74) is 1.37. The third-order valence-electron chi connectivity index (χ3n) is 2.80. The van der Waals surface area contributed by atoms with Crippen molar-refractivity contribution in [2.24, 2.45) is 0 Å². The molecule has 1 aromatic carbocycles. The van der Waals surface area contributed by atoms with E-state index in [2.05, 4.69) is 15.3 Å². The maximum absolute atomic E-state index is 11.8. The number of nitro groups is 1. The van der Waals surface area contributed by atoms with Gasteiger partial charge in [-0.2, -0.15) is 0 Å². The van der Waals surface area contributed by atoms with Crippen LogP contribution in [0.25, 0.3) is 11.6 Å². The van der Waals surface area contributed by atoms with Gasteiger partial charge in [0.1, 0.15) is 5.82 Å². The summed E-state index contributed by atoms with van der Waals surface area (Å²) in [4.78, 5) is 29.0. The molecule has 7 heteroatoms. The minimum Gasteiger partial charge on any atom is -0.345 e. The van der Waals surface area contributed by atoms with Crippen molar-refractivity contribution < 1.29 is 9.72 Å². The number of H-pyrrole nitrogens is 1. The van der Waals surface area contributed by atoms with Gasteiger partial charge >= 0.3 is 0 Å². The second kappa shape index (κ2) is 4.05. The topological polar surface area (TPSA) is 101 Å². The van der Waals surface area contributed by atoms with E-state index in [1.807, 2.05) is 0 Å². The summed E-state index contributed by atoms with van der Waals surface area (Å²) in [5, 5.41) is 13.4. The lowest BCUT2D eigenvalue weighted by Gasteiger charge is -1.97. The minimum absolute atomic E-state index is 0.0550. The molecule has 0 unspecified atom stereocenters. The zero-order valence-corrected chi connectivity index (χ0v) is 9.58. The number of rotatable bonds is 2. The predicted octanol–water partition coefficient (Wildman–Crippen LogP) is 1.81. The Kier molecular flexibility index (Phi) is 2.38. The van der Waals surface area contributed by atoms with Gasteiger partial charge in [-0.3, -0.25) is 14.9 Å². The van der Waals surface area contributed by atoms with Gasteiger partial charge in [-0.05, 0) is 12.1 Å². The number of imidazole rings is 1. The Morgan fingerprint density at radius 2 is 2.21 bits per heavy atom. The summed E-state index contributed by atoms with van der Waals surface area (Å²) < 4.78 is 0.